The molecule has 4 heteroatoms. The Morgan fingerprint density at radius 3 is 2.88 bits per heavy atom. The third-order valence-corrected chi connectivity index (χ3v) is 4.49. The molecule has 0 aromatic heterocycles. The van der Waals surface area contributed by atoms with Gasteiger partial charge in [-0.2, -0.15) is 0 Å². The number of rotatable bonds is 4. The number of carbonyl (C=O) groups excluding carboxylic acids is 1. The summed E-state index contributed by atoms with van der Waals surface area (Å²) >= 11 is 0. The second kappa shape index (κ2) is 6.95. The largest absolute Gasteiger partial charge is 0.493 e. The normalized spacial score (nSPS) is 13.5. The number of nitrogens with two attached hydrogens (primary N) is 1. The lowest BCUT2D eigenvalue weighted by molar-refractivity contribution is -0.119. The third-order valence-electron chi connectivity index (χ3n) is 4.49. The van der Waals surface area contributed by atoms with E-state index in [0.717, 1.165) is 47.6 Å². The molecule has 0 aliphatic carbocycles. The highest BCUT2D eigenvalue weighted by molar-refractivity contribution is 5.95. The van der Waals surface area contributed by atoms with Crippen LogP contribution in [0.2, 0.25) is 0 Å². The molecular weight excluding hydrogens is 300 g/mol. The smallest absolute Gasteiger partial charge is 0.230 e. The van der Waals surface area contributed by atoms with E-state index in [1.165, 1.54) is 5.56 Å². The van der Waals surface area contributed by atoms with E-state index in [-0.39, 0.29) is 5.91 Å². The van der Waals surface area contributed by atoms with E-state index >= 15 is 0 Å². The van der Waals surface area contributed by atoms with Crippen LogP contribution in [0.15, 0.2) is 36.4 Å². The first-order chi connectivity index (χ1) is 11.6. The van der Waals surface area contributed by atoms with Gasteiger partial charge in [-0.25, -0.2) is 0 Å². The highest BCUT2D eigenvalue weighted by Gasteiger charge is 2.23. The molecule has 0 saturated heterocycles. The maximum absolute atomic E-state index is 12.6. The number of hydrogen-bond acceptors (Lipinski definition) is 3. The van der Waals surface area contributed by atoms with E-state index < -0.39 is 0 Å². The van der Waals surface area contributed by atoms with Gasteiger partial charge in [0.15, 0.2) is 0 Å². The van der Waals surface area contributed by atoms with E-state index in [9.17, 15) is 4.79 Å². The van der Waals surface area contributed by atoms with Gasteiger partial charge in [-0.3, -0.25) is 4.79 Å². The first kappa shape index (κ1) is 16.4. The first-order valence-electron chi connectivity index (χ1n) is 8.44. The van der Waals surface area contributed by atoms with Crippen molar-refractivity contribution in [1.29, 1.82) is 0 Å². The summed E-state index contributed by atoms with van der Waals surface area (Å²) in [5, 5.41) is 0. The van der Waals surface area contributed by atoms with Gasteiger partial charge in [0.1, 0.15) is 5.75 Å². The summed E-state index contributed by atoms with van der Waals surface area (Å²) < 4.78 is 5.79. The molecule has 0 radical (unpaired) electrons. The Bertz CT molecular complexity index is 755. The van der Waals surface area contributed by atoms with Crippen molar-refractivity contribution in [3.05, 3.63) is 53.1 Å². The number of aryl methyl sites for hydroxylation is 2. The molecule has 4 nitrogen and oxygen atoms in total. The molecule has 0 saturated carbocycles. The summed E-state index contributed by atoms with van der Waals surface area (Å²) in [6.07, 6.45) is 2.25. The van der Waals surface area contributed by atoms with Crippen LogP contribution in [0.3, 0.4) is 0 Å². The van der Waals surface area contributed by atoms with Crippen molar-refractivity contribution >= 4 is 17.3 Å². The Balaban J connectivity index is 1.63. The van der Waals surface area contributed by atoms with Crippen molar-refractivity contribution in [2.75, 3.05) is 23.8 Å². The molecule has 0 unspecified atom stereocenters. The van der Waals surface area contributed by atoms with Crippen LogP contribution in [0.5, 0.6) is 5.75 Å². The lowest BCUT2D eigenvalue weighted by Crippen LogP contribution is -2.36. The van der Waals surface area contributed by atoms with Crippen LogP contribution in [0, 0.1) is 13.8 Å². The number of carbonyl (C=O) groups is 1. The molecule has 1 aliphatic rings. The lowest BCUT2D eigenvalue weighted by Gasteiger charge is -2.30. The number of anilines is 2. The molecule has 1 heterocycles. The van der Waals surface area contributed by atoms with Crippen molar-refractivity contribution in [3.8, 4) is 5.75 Å². The number of ether oxygens (including phenoxy) is 1. The van der Waals surface area contributed by atoms with Crippen LogP contribution < -0.4 is 15.4 Å². The number of fused-ring (bicyclic) bond motifs is 1. The number of nitrogen functional groups attached to an aromatic ring is 1. The predicted octanol–water partition coefficient (Wildman–Crippen LogP) is 3.63. The molecule has 1 aliphatic heterocycles. The van der Waals surface area contributed by atoms with E-state index in [4.69, 9.17) is 10.5 Å². The Kier molecular flexibility index (Phi) is 4.74. The molecule has 2 N–H and O–H groups in total. The molecule has 0 atom stereocenters. The monoisotopic (exact) mass is 324 g/mol. The average molecular weight is 324 g/mol. The molecule has 0 spiro atoms. The quantitative estimate of drug-likeness (QED) is 0.874. The Morgan fingerprint density at radius 2 is 2.08 bits per heavy atom. The highest BCUT2D eigenvalue weighted by atomic mass is 16.5. The fourth-order valence-electron chi connectivity index (χ4n) is 3.26. The molecule has 24 heavy (non-hydrogen) atoms. The summed E-state index contributed by atoms with van der Waals surface area (Å²) in [7, 11) is 0. The van der Waals surface area contributed by atoms with Crippen molar-refractivity contribution in [2.24, 2.45) is 0 Å². The lowest BCUT2D eigenvalue weighted by atomic mass is 9.99. The number of benzene rings is 2. The molecule has 0 bridgehead atoms. The third kappa shape index (κ3) is 3.37. The Hall–Kier alpha value is -2.49. The standard InChI is InChI=1S/C20H24N2O2/c1-14-8-9-19(15(2)13-14)24-12-10-20(23)22-11-4-5-16-17(21)6-3-7-18(16)22/h3,6-9,13H,4-5,10-12,21H2,1-2H3. The van der Waals surface area contributed by atoms with Gasteiger partial charge in [0.2, 0.25) is 5.91 Å². The molecular formula is C20H24N2O2. The summed E-state index contributed by atoms with van der Waals surface area (Å²) in [5.74, 6) is 0.933. The molecule has 126 valence electrons. The van der Waals surface area contributed by atoms with E-state index in [1.54, 1.807) is 0 Å². The van der Waals surface area contributed by atoms with Crippen LogP contribution >= 0.6 is 0 Å². The van der Waals surface area contributed by atoms with Crippen LogP contribution in [0.25, 0.3) is 0 Å². The minimum atomic E-state index is 0.0892. The van der Waals surface area contributed by atoms with Crippen LogP contribution in [-0.4, -0.2) is 19.1 Å². The van der Waals surface area contributed by atoms with Gasteiger partial charge in [-0.1, -0.05) is 23.8 Å². The summed E-state index contributed by atoms with van der Waals surface area (Å²) in [6.45, 7) is 5.21. The van der Waals surface area contributed by atoms with Crippen LogP contribution in [0.4, 0.5) is 11.4 Å². The van der Waals surface area contributed by atoms with Gasteiger partial charge in [0, 0.05) is 17.9 Å². The van der Waals surface area contributed by atoms with Gasteiger partial charge in [-0.05, 0) is 56.0 Å². The maximum Gasteiger partial charge on any atom is 0.230 e. The van der Waals surface area contributed by atoms with Gasteiger partial charge in [0.05, 0.1) is 13.0 Å². The average Bonchev–Trinajstić information content (AvgIpc) is 2.56. The van der Waals surface area contributed by atoms with Gasteiger partial charge < -0.3 is 15.4 Å². The zero-order valence-corrected chi connectivity index (χ0v) is 14.3. The first-order valence-corrected chi connectivity index (χ1v) is 8.44. The fourth-order valence-corrected chi connectivity index (χ4v) is 3.26. The van der Waals surface area contributed by atoms with Crippen LogP contribution in [0.1, 0.15) is 29.5 Å². The van der Waals surface area contributed by atoms with Crippen LogP contribution in [-0.2, 0) is 11.2 Å². The zero-order chi connectivity index (χ0) is 17.1. The van der Waals surface area contributed by atoms with Gasteiger partial charge in [0.25, 0.3) is 0 Å². The second-order valence-corrected chi connectivity index (χ2v) is 6.36. The van der Waals surface area contributed by atoms with E-state index in [1.807, 2.05) is 42.2 Å². The van der Waals surface area contributed by atoms with Crippen molar-refractivity contribution < 1.29 is 9.53 Å². The fraction of sp³-hybridized carbons (Fsp3) is 0.350. The summed E-state index contributed by atoms with van der Waals surface area (Å²) in [5.41, 5.74) is 11.2. The summed E-state index contributed by atoms with van der Waals surface area (Å²) in [4.78, 5) is 14.5. The number of hydrogen-bond donors (Lipinski definition) is 1. The zero-order valence-electron chi connectivity index (χ0n) is 14.3. The van der Waals surface area contributed by atoms with Crippen molar-refractivity contribution in [2.45, 2.75) is 33.1 Å². The van der Waals surface area contributed by atoms with E-state index in [0.29, 0.717) is 13.0 Å². The SMILES string of the molecule is Cc1ccc(OCCC(=O)N2CCCc3c(N)cccc32)c(C)c1. The Morgan fingerprint density at radius 1 is 1.25 bits per heavy atom. The predicted molar refractivity (Wildman–Crippen MR) is 97.6 cm³/mol. The number of amides is 1. The van der Waals surface area contributed by atoms with Gasteiger partial charge in [-0.15, -0.1) is 0 Å². The van der Waals surface area contributed by atoms with Crippen molar-refractivity contribution in [3.63, 3.8) is 0 Å². The van der Waals surface area contributed by atoms with Gasteiger partial charge >= 0.3 is 0 Å². The molecule has 3 rings (SSSR count). The van der Waals surface area contributed by atoms with E-state index in [2.05, 4.69) is 13.0 Å². The molecule has 0 fully saturated rings. The summed E-state index contributed by atoms with van der Waals surface area (Å²) in [6, 6.07) is 11.9. The second-order valence-electron chi connectivity index (χ2n) is 6.36. The Labute approximate surface area is 143 Å². The minimum absolute atomic E-state index is 0.0892. The topological polar surface area (TPSA) is 55.6 Å². The maximum atomic E-state index is 12.6. The molecule has 2 aromatic rings. The van der Waals surface area contributed by atoms with Crippen molar-refractivity contribution in [1.82, 2.24) is 0 Å². The highest BCUT2D eigenvalue weighted by Crippen LogP contribution is 2.31. The number of nitrogens with zero attached hydrogens (tertiary/aromatic N) is 1. The molecule has 2 aromatic carbocycles. The molecule has 1 amide bonds. The minimum Gasteiger partial charge on any atom is -0.493 e.